The Morgan fingerprint density at radius 2 is 1.82 bits per heavy atom. The molecule has 5 rings (SSSR count). The molecule has 2 aliphatic rings. The predicted molar refractivity (Wildman–Crippen MR) is 154 cm³/mol. The van der Waals surface area contributed by atoms with Gasteiger partial charge in [0, 0.05) is 25.6 Å². The Kier molecular flexibility index (Phi) is 8.54. The van der Waals surface area contributed by atoms with Gasteiger partial charge >= 0.3 is 5.97 Å². The zero-order valence-corrected chi connectivity index (χ0v) is 24.2. The molecular formula is C31H32Cl2N2O5. The quantitative estimate of drug-likeness (QED) is 0.349. The van der Waals surface area contributed by atoms with E-state index in [1.165, 1.54) is 7.11 Å². The van der Waals surface area contributed by atoms with Crippen molar-refractivity contribution in [1.29, 1.82) is 0 Å². The van der Waals surface area contributed by atoms with Gasteiger partial charge in [-0.15, -0.1) is 0 Å². The van der Waals surface area contributed by atoms with Gasteiger partial charge in [-0.05, 0) is 71.5 Å². The highest BCUT2D eigenvalue weighted by molar-refractivity contribution is 6.42. The molecule has 40 heavy (non-hydrogen) atoms. The number of methoxy groups -OCH3 is 1. The second kappa shape index (κ2) is 12.1. The van der Waals surface area contributed by atoms with Gasteiger partial charge in [-0.3, -0.25) is 9.59 Å². The highest BCUT2D eigenvalue weighted by atomic mass is 35.5. The molecule has 0 aliphatic carbocycles. The van der Waals surface area contributed by atoms with Crippen molar-refractivity contribution in [1.82, 2.24) is 10.2 Å². The largest absolute Gasteiger partial charge is 0.486 e. The third kappa shape index (κ3) is 6.07. The summed E-state index contributed by atoms with van der Waals surface area (Å²) < 4.78 is 17.7. The van der Waals surface area contributed by atoms with Crippen molar-refractivity contribution in [2.45, 2.75) is 58.0 Å². The summed E-state index contributed by atoms with van der Waals surface area (Å²) in [5.74, 6) is 1.16. The first-order valence-corrected chi connectivity index (χ1v) is 14.1. The highest BCUT2D eigenvalue weighted by Crippen LogP contribution is 2.36. The van der Waals surface area contributed by atoms with Crippen LogP contribution in [0, 0.1) is 0 Å². The lowest BCUT2D eigenvalue weighted by molar-refractivity contribution is -0.143. The number of rotatable bonds is 6. The molecule has 0 saturated carbocycles. The van der Waals surface area contributed by atoms with E-state index in [4.69, 9.17) is 37.4 Å². The van der Waals surface area contributed by atoms with E-state index in [-0.39, 0.29) is 30.1 Å². The van der Waals surface area contributed by atoms with Gasteiger partial charge < -0.3 is 24.4 Å². The number of hydrogen-bond donors (Lipinski definition) is 1. The maximum absolute atomic E-state index is 12.6. The highest BCUT2D eigenvalue weighted by Gasteiger charge is 2.30. The first kappa shape index (κ1) is 28.3. The summed E-state index contributed by atoms with van der Waals surface area (Å²) in [6, 6.07) is 17.0. The number of benzene rings is 3. The molecule has 0 unspecified atom stereocenters. The molecular weight excluding hydrogens is 551 g/mol. The molecule has 1 N–H and O–H groups in total. The third-order valence-electron chi connectivity index (χ3n) is 7.51. The van der Waals surface area contributed by atoms with E-state index in [0.29, 0.717) is 36.1 Å². The van der Waals surface area contributed by atoms with Crippen LogP contribution in [0.15, 0.2) is 54.6 Å². The molecule has 2 aliphatic heterocycles. The van der Waals surface area contributed by atoms with Crippen molar-refractivity contribution in [2.24, 2.45) is 0 Å². The number of carbonyl (C=O) groups is 2. The van der Waals surface area contributed by atoms with Gasteiger partial charge in [0.05, 0.1) is 23.7 Å². The van der Waals surface area contributed by atoms with Crippen LogP contribution in [0.4, 0.5) is 0 Å². The van der Waals surface area contributed by atoms with Crippen molar-refractivity contribution in [2.75, 3.05) is 13.7 Å². The zero-order chi connectivity index (χ0) is 28.4. The molecule has 0 spiro atoms. The molecule has 0 bridgehead atoms. The molecule has 1 amide bonds. The molecule has 7 nitrogen and oxygen atoms in total. The zero-order valence-electron chi connectivity index (χ0n) is 22.7. The van der Waals surface area contributed by atoms with E-state index in [9.17, 15) is 9.59 Å². The second-order valence-electron chi connectivity index (χ2n) is 10.2. The van der Waals surface area contributed by atoms with E-state index >= 15 is 0 Å². The minimum Gasteiger partial charge on any atom is -0.486 e. The number of nitrogens with zero attached hydrogens (tertiary/aromatic N) is 1. The van der Waals surface area contributed by atoms with Crippen LogP contribution < -0.4 is 14.8 Å². The number of ether oxygens (including phenoxy) is 3. The van der Waals surface area contributed by atoms with Gasteiger partial charge in [0.25, 0.3) is 0 Å². The summed E-state index contributed by atoms with van der Waals surface area (Å²) >= 11 is 12.3. The third-order valence-corrected chi connectivity index (χ3v) is 8.25. The molecule has 0 saturated heterocycles. The Bertz CT molecular complexity index is 1410. The summed E-state index contributed by atoms with van der Waals surface area (Å²) in [7, 11) is 1.39. The predicted octanol–water partition coefficient (Wildman–Crippen LogP) is 6.19. The molecule has 3 aromatic rings. The van der Waals surface area contributed by atoms with Crippen molar-refractivity contribution >= 4 is 35.1 Å². The number of fused-ring (bicyclic) bond motifs is 2. The summed E-state index contributed by atoms with van der Waals surface area (Å²) in [6.45, 7) is 5.02. The number of amides is 1. The van der Waals surface area contributed by atoms with E-state index in [1.807, 2.05) is 42.5 Å². The fraction of sp³-hybridized carbons (Fsp3) is 0.355. The van der Waals surface area contributed by atoms with Crippen molar-refractivity contribution < 1.29 is 23.8 Å². The van der Waals surface area contributed by atoms with E-state index in [2.05, 4.69) is 18.3 Å². The van der Waals surface area contributed by atoms with Crippen LogP contribution in [0.5, 0.6) is 11.5 Å². The van der Waals surface area contributed by atoms with Crippen LogP contribution >= 0.6 is 23.2 Å². The smallest absolute Gasteiger partial charge is 0.323 e. The van der Waals surface area contributed by atoms with Gasteiger partial charge in [-0.25, -0.2) is 0 Å². The average Bonchev–Trinajstić information content (AvgIpc) is 3.15. The monoisotopic (exact) mass is 582 g/mol. The number of esters is 1. The topological polar surface area (TPSA) is 77.1 Å². The van der Waals surface area contributed by atoms with Gasteiger partial charge in [-0.2, -0.15) is 0 Å². The lowest BCUT2D eigenvalue weighted by Gasteiger charge is -2.26. The minimum atomic E-state index is -0.386. The van der Waals surface area contributed by atoms with Crippen LogP contribution in [-0.4, -0.2) is 36.5 Å². The van der Waals surface area contributed by atoms with Crippen molar-refractivity contribution in [3.8, 4) is 11.5 Å². The molecule has 9 heteroatoms. The molecule has 0 fully saturated rings. The lowest BCUT2D eigenvalue weighted by atomic mass is 9.93. The average molecular weight is 584 g/mol. The van der Waals surface area contributed by atoms with E-state index in [0.717, 1.165) is 45.7 Å². The molecule has 3 atom stereocenters. The maximum Gasteiger partial charge on any atom is 0.323 e. The fourth-order valence-electron chi connectivity index (χ4n) is 5.24. The maximum atomic E-state index is 12.6. The summed E-state index contributed by atoms with van der Waals surface area (Å²) in [4.78, 5) is 26.4. The molecule has 3 aromatic carbocycles. The van der Waals surface area contributed by atoms with Gasteiger partial charge in [-0.1, -0.05) is 48.3 Å². The summed E-state index contributed by atoms with van der Waals surface area (Å²) in [5, 5.41) is 4.25. The Labute approximate surface area is 244 Å². The van der Waals surface area contributed by atoms with Crippen LogP contribution in [0.3, 0.4) is 0 Å². The van der Waals surface area contributed by atoms with Crippen molar-refractivity contribution in [3.63, 3.8) is 0 Å². The minimum absolute atomic E-state index is 0.0272. The number of hydrogen-bond acceptors (Lipinski definition) is 6. The number of carbonyl (C=O) groups excluding carboxylic acids is 2. The first-order valence-electron chi connectivity index (χ1n) is 13.3. The SMILES string of the molecule is CC[C@@H](Oc1ccc([C@H]2CN(C(C)=O)Cc3cc4c(cc3O2)CN[C@H](C(=O)OC)C4)cc1)c1ccc(Cl)c(Cl)c1. The molecule has 2 heterocycles. The Balaban J connectivity index is 1.37. The standard InChI is InChI=1S/C31H32Cl2N2O5/c1-4-28(20-7-10-25(32)26(33)12-20)39-24-8-5-19(6-9-24)30-17-35(18(2)36)16-23-11-21-13-27(31(37)38-3)34-15-22(21)14-29(23)40-30/h5-12,14,27-28,30,34H,4,13,15-17H2,1-3H3/t27-,28+,30+/m0/s1. The summed E-state index contributed by atoms with van der Waals surface area (Å²) in [5.41, 5.74) is 4.96. The number of halogens is 2. The van der Waals surface area contributed by atoms with Crippen LogP contribution in [-0.2, 0) is 33.8 Å². The Morgan fingerprint density at radius 3 is 2.50 bits per heavy atom. The lowest BCUT2D eigenvalue weighted by Crippen LogP contribution is -2.42. The molecule has 0 radical (unpaired) electrons. The molecule has 0 aromatic heterocycles. The Hall–Kier alpha value is -3.26. The van der Waals surface area contributed by atoms with E-state index < -0.39 is 0 Å². The van der Waals surface area contributed by atoms with Crippen LogP contribution in [0.1, 0.15) is 60.3 Å². The van der Waals surface area contributed by atoms with Crippen LogP contribution in [0.25, 0.3) is 0 Å². The van der Waals surface area contributed by atoms with Gasteiger partial charge in [0.2, 0.25) is 5.91 Å². The fourth-order valence-corrected chi connectivity index (χ4v) is 5.55. The summed E-state index contributed by atoms with van der Waals surface area (Å²) in [6.07, 6.45) is 0.762. The van der Waals surface area contributed by atoms with Gasteiger partial charge in [0.1, 0.15) is 29.7 Å². The Morgan fingerprint density at radius 1 is 1.05 bits per heavy atom. The molecule has 210 valence electrons. The second-order valence-corrected chi connectivity index (χ2v) is 11.0. The first-order chi connectivity index (χ1) is 19.2. The number of nitrogens with one attached hydrogen (secondary N) is 1. The van der Waals surface area contributed by atoms with Gasteiger partial charge in [0.15, 0.2) is 0 Å². The normalized spacial score (nSPS) is 19.0. The van der Waals surface area contributed by atoms with Crippen LogP contribution in [0.2, 0.25) is 10.0 Å². The van der Waals surface area contributed by atoms with E-state index in [1.54, 1.807) is 17.9 Å². The van der Waals surface area contributed by atoms with Crippen molar-refractivity contribution in [3.05, 3.63) is 92.5 Å².